The Hall–Kier alpha value is -1.72. The summed E-state index contributed by atoms with van der Waals surface area (Å²) in [5.74, 6) is -0.999. The molecule has 1 N–H and O–H groups in total. The molecule has 18 heavy (non-hydrogen) atoms. The SMILES string of the molecule is CCOC(=O)CCc1ccc(O)cc1C(F)(F)F. The van der Waals surface area contributed by atoms with Crippen LogP contribution in [0.5, 0.6) is 5.75 Å². The number of ether oxygens (including phenoxy) is 1. The molecule has 0 saturated heterocycles. The molecule has 0 unspecified atom stereocenters. The van der Waals surface area contributed by atoms with Gasteiger partial charge in [-0.3, -0.25) is 4.79 Å². The van der Waals surface area contributed by atoms with Crippen molar-refractivity contribution in [1.82, 2.24) is 0 Å². The number of hydrogen-bond donors (Lipinski definition) is 1. The van der Waals surface area contributed by atoms with Crippen LogP contribution in [0.1, 0.15) is 24.5 Å². The first-order valence-corrected chi connectivity index (χ1v) is 5.39. The normalized spacial score (nSPS) is 11.3. The summed E-state index contributed by atoms with van der Waals surface area (Å²) in [6.07, 6.45) is -4.75. The maximum atomic E-state index is 12.7. The maximum absolute atomic E-state index is 12.7. The third-order valence-corrected chi connectivity index (χ3v) is 2.30. The Bertz CT molecular complexity index is 427. The average Bonchev–Trinajstić information content (AvgIpc) is 2.26. The molecule has 0 saturated carbocycles. The fraction of sp³-hybridized carbons (Fsp3) is 0.417. The quantitative estimate of drug-likeness (QED) is 0.849. The van der Waals surface area contributed by atoms with Gasteiger partial charge in [0.05, 0.1) is 12.2 Å². The average molecular weight is 262 g/mol. The number of carbonyl (C=O) groups is 1. The molecule has 6 heteroatoms. The molecule has 0 spiro atoms. The number of aryl methyl sites for hydroxylation is 1. The van der Waals surface area contributed by atoms with Crippen LogP contribution in [0.25, 0.3) is 0 Å². The fourth-order valence-corrected chi connectivity index (χ4v) is 1.52. The zero-order valence-corrected chi connectivity index (χ0v) is 9.75. The first kappa shape index (κ1) is 14.3. The molecule has 3 nitrogen and oxygen atoms in total. The lowest BCUT2D eigenvalue weighted by molar-refractivity contribution is -0.144. The third kappa shape index (κ3) is 3.94. The topological polar surface area (TPSA) is 46.5 Å². The molecule has 0 bridgehead atoms. The van der Waals surface area contributed by atoms with Crippen LogP contribution < -0.4 is 0 Å². The second-order valence-corrected chi connectivity index (χ2v) is 3.64. The number of alkyl halides is 3. The minimum atomic E-state index is -4.55. The van der Waals surface area contributed by atoms with Crippen LogP contribution in [-0.4, -0.2) is 17.7 Å². The molecule has 0 aliphatic rings. The summed E-state index contributed by atoms with van der Waals surface area (Å²) >= 11 is 0. The lowest BCUT2D eigenvalue weighted by atomic mass is 10.0. The van der Waals surface area contributed by atoms with Gasteiger partial charge in [-0.15, -0.1) is 0 Å². The Morgan fingerprint density at radius 3 is 2.61 bits per heavy atom. The van der Waals surface area contributed by atoms with Gasteiger partial charge in [0, 0.05) is 6.42 Å². The number of esters is 1. The molecule has 1 rings (SSSR count). The van der Waals surface area contributed by atoms with Gasteiger partial charge in [0.2, 0.25) is 0 Å². The first-order chi connectivity index (χ1) is 8.34. The molecule has 0 atom stereocenters. The van der Waals surface area contributed by atoms with E-state index in [2.05, 4.69) is 4.74 Å². The summed E-state index contributed by atoms with van der Waals surface area (Å²) in [6.45, 7) is 1.82. The molecule has 0 radical (unpaired) electrons. The summed E-state index contributed by atoms with van der Waals surface area (Å²) in [7, 11) is 0. The minimum absolute atomic E-state index is 0.0339. The predicted octanol–water partition coefficient (Wildman–Crippen LogP) is 2.91. The Morgan fingerprint density at radius 2 is 2.06 bits per heavy atom. The van der Waals surface area contributed by atoms with E-state index in [1.807, 2.05) is 0 Å². The zero-order chi connectivity index (χ0) is 13.8. The second-order valence-electron chi connectivity index (χ2n) is 3.64. The number of phenolic OH excluding ortho intramolecular Hbond substituents is 1. The largest absolute Gasteiger partial charge is 0.508 e. The van der Waals surface area contributed by atoms with Gasteiger partial charge in [0.1, 0.15) is 5.75 Å². The minimum Gasteiger partial charge on any atom is -0.508 e. The highest BCUT2D eigenvalue weighted by atomic mass is 19.4. The van der Waals surface area contributed by atoms with E-state index >= 15 is 0 Å². The summed E-state index contributed by atoms with van der Waals surface area (Å²) in [6, 6.07) is 2.98. The van der Waals surface area contributed by atoms with Crippen molar-refractivity contribution in [3.8, 4) is 5.75 Å². The van der Waals surface area contributed by atoms with E-state index in [1.165, 1.54) is 0 Å². The Kier molecular flexibility index (Phi) is 4.58. The molecule has 1 aromatic carbocycles. The molecule has 1 aromatic rings. The van der Waals surface area contributed by atoms with Crippen LogP contribution in [0.15, 0.2) is 18.2 Å². The van der Waals surface area contributed by atoms with Crippen LogP contribution in [0, 0.1) is 0 Å². The molecule has 100 valence electrons. The van der Waals surface area contributed by atoms with Crippen LogP contribution in [0.4, 0.5) is 13.2 Å². The van der Waals surface area contributed by atoms with Gasteiger partial charge in [-0.2, -0.15) is 13.2 Å². The number of hydrogen-bond acceptors (Lipinski definition) is 3. The van der Waals surface area contributed by atoms with Crippen LogP contribution in [-0.2, 0) is 22.1 Å². The van der Waals surface area contributed by atoms with Crippen molar-refractivity contribution < 1.29 is 27.8 Å². The lowest BCUT2D eigenvalue weighted by Gasteiger charge is -2.12. The van der Waals surface area contributed by atoms with E-state index in [0.29, 0.717) is 6.07 Å². The number of phenols is 1. The van der Waals surface area contributed by atoms with Gasteiger partial charge < -0.3 is 9.84 Å². The maximum Gasteiger partial charge on any atom is 0.416 e. The number of aromatic hydroxyl groups is 1. The number of benzene rings is 1. The predicted molar refractivity (Wildman–Crippen MR) is 58.1 cm³/mol. The zero-order valence-electron chi connectivity index (χ0n) is 9.75. The van der Waals surface area contributed by atoms with E-state index in [0.717, 1.165) is 12.1 Å². The van der Waals surface area contributed by atoms with E-state index in [-0.39, 0.29) is 25.0 Å². The highest BCUT2D eigenvalue weighted by Crippen LogP contribution is 2.34. The van der Waals surface area contributed by atoms with Crippen molar-refractivity contribution in [2.45, 2.75) is 25.9 Å². The van der Waals surface area contributed by atoms with Gasteiger partial charge in [-0.25, -0.2) is 0 Å². The van der Waals surface area contributed by atoms with Crippen LogP contribution in [0.2, 0.25) is 0 Å². The molecule has 0 fully saturated rings. The van der Waals surface area contributed by atoms with Crippen molar-refractivity contribution in [2.75, 3.05) is 6.61 Å². The summed E-state index contributed by atoms with van der Waals surface area (Å²) < 4.78 is 42.7. The van der Waals surface area contributed by atoms with Gasteiger partial charge in [-0.1, -0.05) is 6.07 Å². The van der Waals surface area contributed by atoms with Gasteiger partial charge in [-0.05, 0) is 31.0 Å². The van der Waals surface area contributed by atoms with Gasteiger partial charge in [0.15, 0.2) is 0 Å². The number of rotatable bonds is 4. The highest BCUT2D eigenvalue weighted by Gasteiger charge is 2.33. The molecule has 0 aliphatic carbocycles. The van der Waals surface area contributed by atoms with Crippen molar-refractivity contribution in [1.29, 1.82) is 0 Å². The molecule has 0 aliphatic heterocycles. The molecular weight excluding hydrogens is 249 g/mol. The molecular formula is C12H13F3O3. The van der Waals surface area contributed by atoms with E-state index in [4.69, 9.17) is 5.11 Å². The van der Waals surface area contributed by atoms with Crippen LogP contribution >= 0.6 is 0 Å². The Balaban J connectivity index is 2.85. The van der Waals surface area contributed by atoms with Crippen molar-refractivity contribution >= 4 is 5.97 Å². The standard InChI is InChI=1S/C12H13F3O3/c1-2-18-11(17)6-4-8-3-5-9(16)7-10(8)12(13,14)15/h3,5,7,16H,2,4,6H2,1H3. The van der Waals surface area contributed by atoms with Crippen molar-refractivity contribution in [2.24, 2.45) is 0 Å². The number of halogens is 3. The van der Waals surface area contributed by atoms with E-state index in [1.54, 1.807) is 6.92 Å². The van der Waals surface area contributed by atoms with Crippen molar-refractivity contribution in [3.05, 3.63) is 29.3 Å². The fourth-order valence-electron chi connectivity index (χ4n) is 1.52. The van der Waals surface area contributed by atoms with Crippen molar-refractivity contribution in [3.63, 3.8) is 0 Å². The highest BCUT2D eigenvalue weighted by molar-refractivity contribution is 5.69. The molecule has 0 aromatic heterocycles. The second kappa shape index (κ2) is 5.75. The molecule has 0 heterocycles. The summed E-state index contributed by atoms with van der Waals surface area (Å²) in [5.41, 5.74) is -0.958. The van der Waals surface area contributed by atoms with Gasteiger partial charge >= 0.3 is 12.1 Å². The Morgan fingerprint density at radius 1 is 1.39 bits per heavy atom. The lowest BCUT2D eigenvalue weighted by Crippen LogP contribution is -2.11. The number of carbonyl (C=O) groups excluding carboxylic acids is 1. The summed E-state index contributed by atoms with van der Waals surface area (Å²) in [4.78, 5) is 11.1. The van der Waals surface area contributed by atoms with Crippen LogP contribution in [0.3, 0.4) is 0 Å². The van der Waals surface area contributed by atoms with Gasteiger partial charge in [0.25, 0.3) is 0 Å². The Labute approximate surface area is 102 Å². The molecule has 0 amide bonds. The first-order valence-electron chi connectivity index (χ1n) is 5.39. The third-order valence-electron chi connectivity index (χ3n) is 2.30. The smallest absolute Gasteiger partial charge is 0.416 e. The summed E-state index contributed by atoms with van der Waals surface area (Å²) in [5, 5.41) is 9.07. The van der Waals surface area contributed by atoms with E-state index in [9.17, 15) is 18.0 Å². The monoisotopic (exact) mass is 262 g/mol. The van der Waals surface area contributed by atoms with E-state index < -0.39 is 23.5 Å².